The van der Waals surface area contributed by atoms with E-state index >= 15 is 0 Å². The van der Waals surface area contributed by atoms with E-state index in [4.69, 9.17) is 9.47 Å². The molecule has 1 atom stereocenters. The molecule has 1 aromatic carbocycles. The minimum Gasteiger partial charge on any atom is -0.445 e. The van der Waals surface area contributed by atoms with E-state index in [1.54, 1.807) is 4.57 Å². The second-order valence-electron chi connectivity index (χ2n) is 8.78. The van der Waals surface area contributed by atoms with Crippen molar-refractivity contribution in [3.05, 3.63) is 46.1 Å². The minimum absolute atomic E-state index is 0.0725. The zero-order chi connectivity index (χ0) is 25.2. The van der Waals surface area contributed by atoms with Gasteiger partial charge in [0.1, 0.15) is 24.2 Å². The van der Waals surface area contributed by atoms with Crippen LogP contribution in [0.25, 0.3) is 0 Å². The summed E-state index contributed by atoms with van der Waals surface area (Å²) in [6.07, 6.45) is -2.60. The number of piperidine rings is 1. The van der Waals surface area contributed by atoms with Gasteiger partial charge in [-0.05, 0) is 42.4 Å². The molecule has 3 heterocycles. The Hall–Kier alpha value is -3.55. The molecule has 0 aliphatic carbocycles. The van der Waals surface area contributed by atoms with Gasteiger partial charge in [-0.25, -0.2) is 4.79 Å². The summed E-state index contributed by atoms with van der Waals surface area (Å²) in [5.41, 5.74) is -0.0308. The lowest BCUT2D eigenvalue weighted by atomic mass is 10.0. The van der Waals surface area contributed by atoms with Gasteiger partial charge in [-0.1, -0.05) is 12.1 Å². The number of rotatable bonds is 7. The van der Waals surface area contributed by atoms with Crippen molar-refractivity contribution in [2.75, 3.05) is 19.6 Å². The molecule has 2 aliphatic heterocycles. The number of nitrogens with zero attached hydrogens (tertiary/aromatic N) is 4. The number of benzene rings is 1. The van der Waals surface area contributed by atoms with Gasteiger partial charge in [0.15, 0.2) is 0 Å². The number of carbonyl (C=O) groups excluding carboxylic acids is 1. The van der Waals surface area contributed by atoms with Gasteiger partial charge in [0.05, 0.1) is 6.54 Å². The smallest absolute Gasteiger partial charge is 0.445 e. The first-order valence-corrected chi connectivity index (χ1v) is 10.9. The Morgan fingerprint density at radius 1 is 1.31 bits per heavy atom. The highest BCUT2D eigenvalue weighted by Gasteiger charge is 2.42. The Bertz CT molecular complexity index is 1040. The molecule has 1 amide bonds. The van der Waals surface area contributed by atoms with Crippen molar-refractivity contribution in [3.8, 4) is 11.8 Å². The first kappa shape index (κ1) is 24.6. The quantitative estimate of drug-likeness (QED) is 0.455. The van der Waals surface area contributed by atoms with Crippen LogP contribution in [0.4, 0.5) is 23.8 Å². The summed E-state index contributed by atoms with van der Waals surface area (Å²) in [7, 11) is 0. The fraction of sp³-hybridized carbons (Fsp3) is 0.524. The first-order valence-electron chi connectivity index (χ1n) is 10.9. The molecule has 0 saturated carbocycles. The van der Waals surface area contributed by atoms with Gasteiger partial charge in [0.25, 0.3) is 0 Å². The van der Waals surface area contributed by atoms with E-state index in [2.05, 4.69) is 19.9 Å². The summed E-state index contributed by atoms with van der Waals surface area (Å²) in [5.74, 6) is -0.589. The molecule has 1 N–H and O–H groups in total. The Morgan fingerprint density at radius 3 is 2.60 bits per heavy atom. The molecular weight excluding hydrogens is 475 g/mol. The Morgan fingerprint density at radius 2 is 2.00 bits per heavy atom. The highest BCUT2D eigenvalue weighted by atomic mass is 19.4. The van der Waals surface area contributed by atoms with Crippen LogP contribution >= 0.6 is 0 Å². The molecule has 0 unspecified atom stereocenters. The lowest BCUT2D eigenvalue weighted by Gasteiger charge is -2.36. The van der Waals surface area contributed by atoms with Crippen molar-refractivity contribution in [2.24, 2.45) is 0 Å². The van der Waals surface area contributed by atoms with Crippen LogP contribution in [0.1, 0.15) is 25.3 Å². The highest BCUT2D eigenvalue weighted by molar-refractivity contribution is 5.67. The standard InChI is InChI=1S/C21H24F3N5O6/c1-20(13-28-10-17(29(31)32)26-18(28)35-20)12-27-8-6-15(7-9-27)25-19(30)33-11-14-2-4-16(5-3-14)34-21(22,23)24/h2-5,10,15H,6-9,11-13H2,1H3,(H,25,30)/t20-/m0/s1. The van der Waals surface area contributed by atoms with Crippen LogP contribution in [0.15, 0.2) is 30.5 Å². The maximum Gasteiger partial charge on any atom is 0.573 e. The number of hydrogen-bond acceptors (Lipinski definition) is 8. The third kappa shape index (κ3) is 6.53. The molecule has 1 aromatic heterocycles. The maximum absolute atomic E-state index is 12.2. The van der Waals surface area contributed by atoms with Crippen molar-refractivity contribution >= 4 is 11.9 Å². The summed E-state index contributed by atoms with van der Waals surface area (Å²) < 4.78 is 53.1. The van der Waals surface area contributed by atoms with Gasteiger partial charge >= 0.3 is 24.3 Å². The summed E-state index contributed by atoms with van der Waals surface area (Å²) in [4.78, 5) is 28.5. The van der Waals surface area contributed by atoms with Gasteiger partial charge in [-0.2, -0.15) is 0 Å². The Labute approximate surface area is 197 Å². The minimum atomic E-state index is -4.76. The number of halogens is 3. The molecule has 0 radical (unpaired) electrons. The normalized spacial score (nSPS) is 20.7. The van der Waals surface area contributed by atoms with E-state index < -0.39 is 23.0 Å². The fourth-order valence-corrected chi connectivity index (χ4v) is 4.22. The number of nitrogens with one attached hydrogen (secondary N) is 1. The predicted molar refractivity (Wildman–Crippen MR) is 114 cm³/mol. The number of hydrogen-bond donors (Lipinski definition) is 1. The number of imidazole rings is 1. The van der Waals surface area contributed by atoms with E-state index in [-0.39, 0.29) is 30.2 Å². The van der Waals surface area contributed by atoms with Gasteiger partial charge in [0.2, 0.25) is 0 Å². The highest BCUT2D eigenvalue weighted by Crippen LogP contribution is 2.32. The third-order valence-corrected chi connectivity index (χ3v) is 5.75. The number of ether oxygens (including phenoxy) is 3. The molecule has 190 valence electrons. The summed E-state index contributed by atoms with van der Waals surface area (Å²) in [6, 6.07) is 5.26. The number of carbonyl (C=O) groups is 1. The van der Waals surface area contributed by atoms with Crippen molar-refractivity contribution in [1.29, 1.82) is 0 Å². The van der Waals surface area contributed by atoms with Crippen molar-refractivity contribution in [2.45, 2.75) is 50.9 Å². The number of nitro groups is 1. The number of amides is 1. The molecule has 14 heteroatoms. The van der Waals surface area contributed by atoms with Crippen LogP contribution in [0, 0.1) is 10.1 Å². The van der Waals surface area contributed by atoms with E-state index in [1.807, 2.05) is 6.92 Å². The molecule has 35 heavy (non-hydrogen) atoms. The fourth-order valence-electron chi connectivity index (χ4n) is 4.22. The maximum atomic E-state index is 12.2. The number of fused-ring (bicyclic) bond motifs is 1. The van der Waals surface area contributed by atoms with Gasteiger partial charge < -0.3 is 29.6 Å². The zero-order valence-electron chi connectivity index (χ0n) is 18.8. The van der Waals surface area contributed by atoms with Crippen LogP contribution in [-0.4, -0.2) is 63.1 Å². The molecule has 0 spiro atoms. The van der Waals surface area contributed by atoms with Crippen molar-refractivity contribution in [3.63, 3.8) is 0 Å². The molecular formula is C21H24F3N5O6. The lowest BCUT2D eigenvalue weighted by molar-refractivity contribution is -0.389. The van der Waals surface area contributed by atoms with Crippen LogP contribution < -0.4 is 14.8 Å². The molecule has 1 saturated heterocycles. The summed E-state index contributed by atoms with van der Waals surface area (Å²) >= 11 is 0. The predicted octanol–water partition coefficient (Wildman–Crippen LogP) is 3.23. The van der Waals surface area contributed by atoms with Crippen LogP contribution in [0.5, 0.6) is 11.8 Å². The molecule has 4 rings (SSSR count). The summed E-state index contributed by atoms with van der Waals surface area (Å²) in [6.45, 7) is 4.34. The van der Waals surface area contributed by atoms with E-state index in [0.29, 0.717) is 44.6 Å². The number of alkyl halides is 3. The summed E-state index contributed by atoms with van der Waals surface area (Å²) in [5, 5.41) is 13.7. The van der Waals surface area contributed by atoms with Crippen LogP contribution in [0.2, 0.25) is 0 Å². The molecule has 2 aliphatic rings. The number of aromatic nitrogens is 2. The number of likely N-dealkylation sites (tertiary alicyclic amines) is 1. The van der Waals surface area contributed by atoms with E-state index in [0.717, 1.165) is 12.1 Å². The number of alkyl carbamates (subject to hydrolysis) is 1. The van der Waals surface area contributed by atoms with E-state index in [1.165, 1.54) is 18.3 Å². The average Bonchev–Trinajstić information content (AvgIpc) is 3.29. The van der Waals surface area contributed by atoms with Gasteiger partial charge in [0, 0.05) is 30.7 Å². The topological polar surface area (TPSA) is 121 Å². The second-order valence-corrected chi connectivity index (χ2v) is 8.78. The first-order chi connectivity index (χ1) is 16.5. The van der Waals surface area contributed by atoms with Crippen LogP contribution in [-0.2, 0) is 17.9 Å². The van der Waals surface area contributed by atoms with Crippen LogP contribution in [0.3, 0.4) is 0 Å². The molecule has 0 bridgehead atoms. The lowest BCUT2D eigenvalue weighted by Crippen LogP contribution is -2.50. The zero-order valence-corrected chi connectivity index (χ0v) is 18.8. The van der Waals surface area contributed by atoms with Gasteiger partial charge in [-0.3, -0.25) is 9.47 Å². The van der Waals surface area contributed by atoms with Gasteiger partial charge in [-0.15, -0.1) is 13.2 Å². The monoisotopic (exact) mass is 499 g/mol. The Balaban J connectivity index is 1.16. The van der Waals surface area contributed by atoms with E-state index in [9.17, 15) is 28.1 Å². The third-order valence-electron chi connectivity index (χ3n) is 5.75. The van der Waals surface area contributed by atoms with Crippen molar-refractivity contribution in [1.82, 2.24) is 19.8 Å². The molecule has 11 nitrogen and oxygen atoms in total. The van der Waals surface area contributed by atoms with Crippen molar-refractivity contribution < 1.29 is 37.1 Å². The Kier molecular flexibility index (Phi) is 6.74. The largest absolute Gasteiger partial charge is 0.573 e. The molecule has 2 aromatic rings. The average molecular weight is 499 g/mol. The second kappa shape index (κ2) is 9.60. The SMILES string of the molecule is C[C@]1(CN2CCC(NC(=O)OCc3ccc(OC(F)(F)F)cc3)CC2)Cn2cc([N+](=O)[O-])nc2O1. The molecule has 1 fully saturated rings.